The van der Waals surface area contributed by atoms with Crippen LogP contribution in [0.4, 0.5) is 4.39 Å². The highest BCUT2D eigenvalue weighted by Gasteiger charge is 2.17. The first kappa shape index (κ1) is 13.0. The number of hydrogen-bond donors (Lipinski definition) is 1. The molecule has 0 spiro atoms. The molecule has 1 heterocycles. The van der Waals surface area contributed by atoms with E-state index >= 15 is 0 Å². The summed E-state index contributed by atoms with van der Waals surface area (Å²) in [5.41, 5.74) is 1.41. The van der Waals surface area contributed by atoms with Crippen molar-refractivity contribution in [2.75, 3.05) is 0 Å². The summed E-state index contributed by atoms with van der Waals surface area (Å²) in [4.78, 5) is 14.5. The second-order valence-corrected chi connectivity index (χ2v) is 4.15. The molecule has 1 aromatic heterocycles. The summed E-state index contributed by atoms with van der Waals surface area (Å²) in [5, 5.41) is 8.82. The van der Waals surface area contributed by atoms with Crippen LogP contribution in [0.15, 0.2) is 30.5 Å². The van der Waals surface area contributed by atoms with Gasteiger partial charge in [-0.15, -0.1) is 0 Å². The number of halogens is 1. The van der Waals surface area contributed by atoms with Crippen LogP contribution in [0.5, 0.6) is 11.6 Å². The summed E-state index contributed by atoms with van der Waals surface area (Å²) in [5.74, 6) is -2.23. The highest BCUT2D eigenvalue weighted by Crippen LogP contribution is 2.27. The summed E-state index contributed by atoms with van der Waals surface area (Å²) in [6.45, 7) is 3.75. The topological polar surface area (TPSA) is 59.4 Å². The number of pyridine rings is 1. The average molecular weight is 261 g/mol. The Morgan fingerprint density at radius 1 is 1.32 bits per heavy atom. The molecule has 0 amide bonds. The molecule has 0 atom stereocenters. The predicted octanol–water partition coefficient (Wildman–Crippen LogP) is 3.33. The number of carboxylic acid groups (broad SMARTS) is 1. The monoisotopic (exact) mass is 261 g/mol. The number of carbonyl (C=O) groups is 1. The van der Waals surface area contributed by atoms with E-state index in [1.807, 2.05) is 26.0 Å². The average Bonchev–Trinajstić information content (AvgIpc) is 2.34. The van der Waals surface area contributed by atoms with Gasteiger partial charge in [0.15, 0.2) is 5.82 Å². The molecule has 0 saturated carbocycles. The van der Waals surface area contributed by atoms with Gasteiger partial charge in [-0.3, -0.25) is 0 Å². The quantitative estimate of drug-likeness (QED) is 0.920. The number of rotatable bonds is 3. The van der Waals surface area contributed by atoms with E-state index in [1.165, 1.54) is 6.20 Å². The Morgan fingerprint density at radius 2 is 2.05 bits per heavy atom. The molecular weight excluding hydrogens is 249 g/mol. The highest BCUT2D eigenvalue weighted by molar-refractivity contribution is 5.88. The lowest BCUT2D eigenvalue weighted by Crippen LogP contribution is -2.03. The highest BCUT2D eigenvalue weighted by atomic mass is 19.1. The maximum absolute atomic E-state index is 13.9. The van der Waals surface area contributed by atoms with Crippen molar-refractivity contribution in [1.29, 1.82) is 0 Å². The van der Waals surface area contributed by atoms with Gasteiger partial charge in [0.05, 0.1) is 0 Å². The van der Waals surface area contributed by atoms with E-state index < -0.39 is 17.3 Å². The van der Waals surface area contributed by atoms with Gasteiger partial charge in [-0.05, 0) is 31.5 Å². The second-order valence-electron chi connectivity index (χ2n) is 4.15. The Kier molecular flexibility index (Phi) is 3.46. The summed E-state index contributed by atoms with van der Waals surface area (Å²) < 4.78 is 19.2. The van der Waals surface area contributed by atoms with E-state index in [-0.39, 0.29) is 5.88 Å². The van der Waals surface area contributed by atoms with Gasteiger partial charge in [0.2, 0.25) is 0 Å². The van der Waals surface area contributed by atoms with Gasteiger partial charge in [-0.1, -0.05) is 17.7 Å². The molecule has 2 rings (SSSR count). The van der Waals surface area contributed by atoms with Crippen LogP contribution in [0.1, 0.15) is 21.5 Å². The summed E-state index contributed by atoms with van der Waals surface area (Å²) in [6.07, 6.45) is 1.20. The molecule has 0 aliphatic heterocycles. The SMILES string of the molecule is Cc1ccc(Oc2nccc(C(=O)O)c2F)c(C)c1. The third-order valence-corrected chi connectivity index (χ3v) is 2.62. The largest absolute Gasteiger partial charge is 0.478 e. The zero-order chi connectivity index (χ0) is 14.0. The number of aryl methyl sites for hydroxylation is 2. The second kappa shape index (κ2) is 5.06. The van der Waals surface area contributed by atoms with Crippen molar-refractivity contribution in [3.63, 3.8) is 0 Å². The maximum atomic E-state index is 13.9. The number of benzene rings is 1. The Morgan fingerprint density at radius 3 is 2.68 bits per heavy atom. The van der Waals surface area contributed by atoms with Crippen molar-refractivity contribution in [2.24, 2.45) is 0 Å². The van der Waals surface area contributed by atoms with Crippen LogP contribution < -0.4 is 4.74 Å². The lowest BCUT2D eigenvalue weighted by atomic mass is 10.1. The van der Waals surface area contributed by atoms with Crippen LogP contribution in [0, 0.1) is 19.7 Å². The van der Waals surface area contributed by atoms with Crippen LogP contribution in [0.25, 0.3) is 0 Å². The minimum atomic E-state index is -1.36. The van der Waals surface area contributed by atoms with Crippen LogP contribution in [0.2, 0.25) is 0 Å². The van der Waals surface area contributed by atoms with Gasteiger partial charge in [0.1, 0.15) is 11.3 Å². The standard InChI is InChI=1S/C14H12FNO3/c1-8-3-4-11(9(2)7-8)19-13-12(15)10(14(17)18)5-6-16-13/h3-7H,1-2H3,(H,17,18). The number of carboxylic acids is 1. The van der Waals surface area contributed by atoms with Crippen LogP contribution in [0.3, 0.4) is 0 Å². The van der Waals surface area contributed by atoms with E-state index in [4.69, 9.17) is 9.84 Å². The number of aromatic nitrogens is 1. The molecule has 0 aliphatic carbocycles. The molecule has 0 saturated heterocycles. The molecule has 4 nitrogen and oxygen atoms in total. The number of nitrogens with zero attached hydrogens (tertiary/aromatic N) is 1. The Labute approximate surface area is 109 Å². The Bertz CT molecular complexity index is 641. The minimum absolute atomic E-state index is 0.341. The zero-order valence-electron chi connectivity index (χ0n) is 10.5. The van der Waals surface area contributed by atoms with Gasteiger partial charge in [-0.25, -0.2) is 14.2 Å². The first-order chi connectivity index (χ1) is 8.99. The summed E-state index contributed by atoms with van der Waals surface area (Å²) >= 11 is 0. The molecule has 1 aromatic carbocycles. The van der Waals surface area contributed by atoms with Crippen molar-refractivity contribution in [1.82, 2.24) is 4.98 Å². The van der Waals surface area contributed by atoms with Crippen molar-refractivity contribution in [3.05, 3.63) is 53.0 Å². The first-order valence-corrected chi connectivity index (χ1v) is 5.62. The lowest BCUT2D eigenvalue weighted by Gasteiger charge is -2.09. The fraction of sp³-hybridized carbons (Fsp3) is 0.143. The van der Waals surface area contributed by atoms with Gasteiger partial charge in [0, 0.05) is 6.20 Å². The molecule has 0 bridgehead atoms. The van der Waals surface area contributed by atoms with Gasteiger partial charge in [0.25, 0.3) is 5.88 Å². The van der Waals surface area contributed by atoms with Crippen LogP contribution >= 0.6 is 0 Å². The maximum Gasteiger partial charge on any atom is 0.338 e. The smallest absolute Gasteiger partial charge is 0.338 e. The third-order valence-electron chi connectivity index (χ3n) is 2.62. The molecule has 19 heavy (non-hydrogen) atoms. The van der Waals surface area contributed by atoms with Gasteiger partial charge < -0.3 is 9.84 Å². The molecule has 0 aliphatic rings. The van der Waals surface area contributed by atoms with Crippen LogP contribution in [-0.2, 0) is 0 Å². The van der Waals surface area contributed by atoms with Crippen molar-refractivity contribution < 1.29 is 19.0 Å². The molecule has 0 unspecified atom stereocenters. The van der Waals surface area contributed by atoms with E-state index in [9.17, 15) is 9.18 Å². The molecule has 0 fully saturated rings. The third kappa shape index (κ3) is 2.70. The lowest BCUT2D eigenvalue weighted by molar-refractivity contribution is 0.0690. The fourth-order valence-corrected chi connectivity index (χ4v) is 1.68. The van der Waals surface area contributed by atoms with Gasteiger partial charge >= 0.3 is 5.97 Å². The molecule has 0 radical (unpaired) electrons. The van der Waals surface area contributed by atoms with Crippen molar-refractivity contribution >= 4 is 5.97 Å². The summed E-state index contributed by atoms with van der Waals surface area (Å²) in [7, 11) is 0. The first-order valence-electron chi connectivity index (χ1n) is 5.62. The van der Waals surface area contributed by atoms with E-state index in [1.54, 1.807) is 6.07 Å². The number of ether oxygens (including phenoxy) is 1. The van der Waals surface area contributed by atoms with Gasteiger partial charge in [-0.2, -0.15) is 0 Å². The molecular formula is C14H12FNO3. The summed E-state index contributed by atoms with van der Waals surface area (Å²) in [6, 6.07) is 6.49. The van der Waals surface area contributed by atoms with Crippen molar-refractivity contribution in [3.8, 4) is 11.6 Å². The van der Waals surface area contributed by atoms with Crippen molar-refractivity contribution in [2.45, 2.75) is 13.8 Å². The number of hydrogen-bond acceptors (Lipinski definition) is 3. The number of aromatic carboxylic acids is 1. The van der Waals surface area contributed by atoms with E-state index in [0.29, 0.717) is 5.75 Å². The fourth-order valence-electron chi connectivity index (χ4n) is 1.68. The van der Waals surface area contributed by atoms with E-state index in [2.05, 4.69) is 4.98 Å². The molecule has 2 aromatic rings. The normalized spacial score (nSPS) is 10.3. The van der Waals surface area contributed by atoms with E-state index in [0.717, 1.165) is 17.2 Å². The minimum Gasteiger partial charge on any atom is -0.478 e. The zero-order valence-corrected chi connectivity index (χ0v) is 10.5. The molecule has 5 heteroatoms. The van der Waals surface area contributed by atoms with Crippen LogP contribution in [-0.4, -0.2) is 16.1 Å². The predicted molar refractivity (Wildman–Crippen MR) is 67.1 cm³/mol. The molecule has 1 N–H and O–H groups in total. The Balaban J connectivity index is 2.38. The molecule has 98 valence electrons. The Hall–Kier alpha value is -2.43.